The SMILES string of the molecule is O=c1[nH]ncc(NCCCc2ccc(Cl)cc2)c1Cl. The summed E-state index contributed by atoms with van der Waals surface area (Å²) < 4.78 is 0. The van der Waals surface area contributed by atoms with E-state index in [4.69, 9.17) is 23.2 Å². The van der Waals surface area contributed by atoms with Gasteiger partial charge in [0, 0.05) is 11.6 Å². The number of rotatable bonds is 5. The highest BCUT2D eigenvalue weighted by atomic mass is 35.5. The van der Waals surface area contributed by atoms with Crippen molar-refractivity contribution in [1.82, 2.24) is 10.2 Å². The van der Waals surface area contributed by atoms with E-state index in [2.05, 4.69) is 15.5 Å². The number of nitrogens with zero attached hydrogens (tertiary/aromatic N) is 1. The molecule has 19 heavy (non-hydrogen) atoms. The molecule has 6 heteroatoms. The van der Waals surface area contributed by atoms with Crippen LogP contribution in [0.2, 0.25) is 10.0 Å². The van der Waals surface area contributed by atoms with Crippen LogP contribution in [-0.2, 0) is 6.42 Å². The minimum absolute atomic E-state index is 0.140. The lowest BCUT2D eigenvalue weighted by molar-refractivity contribution is 0.859. The maximum absolute atomic E-state index is 11.2. The number of benzene rings is 1. The van der Waals surface area contributed by atoms with E-state index in [-0.39, 0.29) is 10.6 Å². The lowest BCUT2D eigenvalue weighted by Gasteiger charge is -2.07. The van der Waals surface area contributed by atoms with Gasteiger partial charge < -0.3 is 5.32 Å². The van der Waals surface area contributed by atoms with Crippen LogP contribution in [0.4, 0.5) is 5.69 Å². The zero-order valence-corrected chi connectivity index (χ0v) is 11.6. The van der Waals surface area contributed by atoms with Crippen molar-refractivity contribution >= 4 is 28.9 Å². The second-order valence-electron chi connectivity index (χ2n) is 4.08. The fourth-order valence-electron chi connectivity index (χ4n) is 1.67. The zero-order valence-electron chi connectivity index (χ0n) is 10.1. The minimum atomic E-state index is -0.385. The molecule has 1 heterocycles. The van der Waals surface area contributed by atoms with Crippen LogP contribution in [0.1, 0.15) is 12.0 Å². The molecular weight excluding hydrogens is 285 g/mol. The van der Waals surface area contributed by atoms with Crippen molar-refractivity contribution in [2.75, 3.05) is 11.9 Å². The zero-order chi connectivity index (χ0) is 13.7. The summed E-state index contributed by atoms with van der Waals surface area (Å²) in [5.74, 6) is 0. The normalized spacial score (nSPS) is 10.4. The summed E-state index contributed by atoms with van der Waals surface area (Å²) in [7, 11) is 0. The summed E-state index contributed by atoms with van der Waals surface area (Å²) in [6, 6.07) is 7.76. The van der Waals surface area contributed by atoms with Crippen molar-refractivity contribution < 1.29 is 0 Å². The fraction of sp³-hybridized carbons (Fsp3) is 0.231. The molecule has 0 bridgehead atoms. The molecule has 0 unspecified atom stereocenters. The molecule has 0 aliphatic heterocycles. The van der Waals surface area contributed by atoms with E-state index in [9.17, 15) is 4.79 Å². The van der Waals surface area contributed by atoms with Crippen LogP contribution in [0, 0.1) is 0 Å². The number of aromatic amines is 1. The maximum Gasteiger partial charge on any atom is 0.285 e. The topological polar surface area (TPSA) is 57.8 Å². The number of H-pyrrole nitrogens is 1. The molecule has 4 nitrogen and oxygen atoms in total. The van der Waals surface area contributed by atoms with E-state index < -0.39 is 0 Å². The number of anilines is 1. The van der Waals surface area contributed by atoms with Gasteiger partial charge in [-0.05, 0) is 30.5 Å². The number of halogens is 2. The van der Waals surface area contributed by atoms with Gasteiger partial charge in [0.05, 0.1) is 11.9 Å². The van der Waals surface area contributed by atoms with Gasteiger partial charge in [-0.1, -0.05) is 35.3 Å². The third-order valence-electron chi connectivity index (χ3n) is 2.67. The molecule has 1 aromatic heterocycles. The highest BCUT2D eigenvalue weighted by Gasteiger charge is 2.03. The van der Waals surface area contributed by atoms with Crippen LogP contribution in [0.15, 0.2) is 35.3 Å². The van der Waals surface area contributed by atoms with Crippen molar-refractivity contribution in [2.45, 2.75) is 12.8 Å². The Balaban J connectivity index is 1.82. The van der Waals surface area contributed by atoms with E-state index >= 15 is 0 Å². The molecular formula is C13H13Cl2N3O. The summed E-state index contributed by atoms with van der Waals surface area (Å²) in [4.78, 5) is 11.2. The molecule has 0 atom stereocenters. The van der Waals surface area contributed by atoms with Crippen LogP contribution in [0.5, 0.6) is 0 Å². The monoisotopic (exact) mass is 297 g/mol. The molecule has 0 radical (unpaired) electrons. The third kappa shape index (κ3) is 3.98. The average Bonchev–Trinajstić information content (AvgIpc) is 2.41. The Kier molecular flexibility index (Phi) is 4.82. The first-order valence-corrected chi connectivity index (χ1v) is 6.64. The average molecular weight is 298 g/mol. The molecule has 1 aromatic carbocycles. The first-order chi connectivity index (χ1) is 9.16. The van der Waals surface area contributed by atoms with E-state index in [1.54, 1.807) is 0 Å². The highest BCUT2D eigenvalue weighted by molar-refractivity contribution is 6.32. The molecule has 2 N–H and O–H groups in total. The molecule has 2 aromatic rings. The van der Waals surface area contributed by atoms with Crippen molar-refractivity contribution in [3.05, 3.63) is 56.4 Å². The molecule has 100 valence electrons. The molecule has 0 amide bonds. The van der Waals surface area contributed by atoms with Gasteiger partial charge in [0.2, 0.25) is 0 Å². The van der Waals surface area contributed by atoms with Gasteiger partial charge in [0.25, 0.3) is 5.56 Å². The van der Waals surface area contributed by atoms with Crippen LogP contribution < -0.4 is 10.9 Å². The molecule has 0 saturated heterocycles. The number of hydrogen-bond acceptors (Lipinski definition) is 3. The Morgan fingerprint density at radius 2 is 1.95 bits per heavy atom. The number of aromatic nitrogens is 2. The summed E-state index contributed by atoms with van der Waals surface area (Å²) in [6.07, 6.45) is 3.36. The summed E-state index contributed by atoms with van der Waals surface area (Å²) in [5, 5.41) is 9.94. The highest BCUT2D eigenvalue weighted by Crippen LogP contribution is 2.15. The van der Waals surface area contributed by atoms with E-state index in [0.29, 0.717) is 12.2 Å². The Morgan fingerprint density at radius 1 is 1.21 bits per heavy atom. The van der Waals surface area contributed by atoms with E-state index in [1.807, 2.05) is 24.3 Å². The summed E-state index contributed by atoms with van der Waals surface area (Å²) in [6.45, 7) is 0.716. The maximum atomic E-state index is 11.2. The standard InChI is InChI=1S/C13H13Cl2N3O/c14-10-5-3-9(4-6-10)2-1-7-16-11-8-17-18-13(19)12(11)15/h3-6,8H,1-2,7H2,(H2,16,18,19). The van der Waals surface area contributed by atoms with Crippen LogP contribution >= 0.6 is 23.2 Å². The van der Waals surface area contributed by atoms with Gasteiger partial charge in [-0.25, -0.2) is 5.10 Å². The van der Waals surface area contributed by atoms with Crippen molar-refractivity contribution in [1.29, 1.82) is 0 Å². The van der Waals surface area contributed by atoms with E-state index in [0.717, 1.165) is 17.9 Å². The Morgan fingerprint density at radius 3 is 2.68 bits per heavy atom. The first-order valence-electron chi connectivity index (χ1n) is 5.88. The van der Waals surface area contributed by atoms with Crippen LogP contribution in [-0.4, -0.2) is 16.7 Å². The predicted molar refractivity (Wildman–Crippen MR) is 78.1 cm³/mol. The van der Waals surface area contributed by atoms with Crippen molar-refractivity contribution in [3.63, 3.8) is 0 Å². The quantitative estimate of drug-likeness (QED) is 0.834. The Labute approximate surface area is 120 Å². The summed E-state index contributed by atoms with van der Waals surface area (Å²) in [5.41, 5.74) is 1.40. The predicted octanol–water partition coefficient (Wildman–Crippen LogP) is 3.12. The second-order valence-corrected chi connectivity index (χ2v) is 4.90. The smallest absolute Gasteiger partial charge is 0.285 e. The largest absolute Gasteiger partial charge is 0.382 e. The Hall–Kier alpha value is -1.52. The molecule has 0 fully saturated rings. The Bertz CT molecular complexity index is 596. The van der Waals surface area contributed by atoms with Gasteiger partial charge in [-0.3, -0.25) is 4.79 Å². The number of aryl methyl sites for hydroxylation is 1. The molecule has 0 spiro atoms. The number of nitrogens with one attached hydrogen (secondary N) is 2. The van der Waals surface area contributed by atoms with E-state index in [1.165, 1.54) is 11.8 Å². The first kappa shape index (κ1) is 13.9. The van der Waals surface area contributed by atoms with Gasteiger partial charge in [-0.15, -0.1) is 0 Å². The minimum Gasteiger partial charge on any atom is -0.382 e. The summed E-state index contributed by atoms with van der Waals surface area (Å²) >= 11 is 11.7. The molecule has 0 aliphatic carbocycles. The van der Waals surface area contributed by atoms with Gasteiger partial charge >= 0.3 is 0 Å². The third-order valence-corrected chi connectivity index (χ3v) is 3.29. The van der Waals surface area contributed by atoms with Gasteiger partial charge in [0.15, 0.2) is 0 Å². The van der Waals surface area contributed by atoms with Crippen molar-refractivity contribution in [3.8, 4) is 0 Å². The molecule has 2 rings (SSSR count). The van der Waals surface area contributed by atoms with Gasteiger partial charge in [-0.2, -0.15) is 5.10 Å². The molecule has 0 aliphatic rings. The van der Waals surface area contributed by atoms with Gasteiger partial charge in [0.1, 0.15) is 5.02 Å². The second kappa shape index (κ2) is 6.59. The number of hydrogen-bond donors (Lipinski definition) is 2. The molecule has 0 saturated carbocycles. The van der Waals surface area contributed by atoms with Crippen LogP contribution in [0.3, 0.4) is 0 Å². The van der Waals surface area contributed by atoms with Crippen molar-refractivity contribution in [2.24, 2.45) is 0 Å². The lowest BCUT2D eigenvalue weighted by Crippen LogP contribution is -2.12. The van der Waals surface area contributed by atoms with Crippen LogP contribution in [0.25, 0.3) is 0 Å². The fourth-order valence-corrected chi connectivity index (χ4v) is 1.96. The lowest BCUT2D eigenvalue weighted by atomic mass is 10.1.